The third-order valence-corrected chi connectivity index (χ3v) is 6.55. The minimum Gasteiger partial charge on any atom is -0.494 e. The maximum absolute atomic E-state index is 9.72. The van der Waals surface area contributed by atoms with Crippen LogP contribution >= 0.6 is 11.6 Å². The van der Waals surface area contributed by atoms with Crippen molar-refractivity contribution in [3.63, 3.8) is 0 Å². The van der Waals surface area contributed by atoms with E-state index in [0.29, 0.717) is 18.4 Å². The van der Waals surface area contributed by atoms with Crippen molar-refractivity contribution >= 4 is 11.6 Å². The van der Waals surface area contributed by atoms with Crippen molar-refractivity contribution in [3.8, 4) is 5.75 Å². The van der Waals surface area contributed by atoms with Gasteiger partial charge < -0.3 is 20.3 Å². The number of aliphatic hydroxyl groups is 1. The zero-order valence-electron chi connectivity index (χ0n) is 16.9. The summed E-state index contributed by atoms with van der Waals surface area (Å²) in [5.74, 6) is 1.97. The van der Waals surface area contributed by atoms with Crippen LogP contribution in [0.4, 0.5) is 0 Å². The number of ether oxygens (including phenoxy) is 2. The van der Waals surface area contributed by atoms with E-state index < -0.39 is 0 Å². The average Bonchev–Trinajstić information content (AvgIpc) is 3.57. The summed E-state index contributed by atoms with van der Waals surface area (Å²) in [6, 6.07) is 14.1. The second-order valence-electron chi connectivity index (χ2n) is 8.28. The molecule has 0 amide bonds. The van der Waals surface area contributed by atoms with E-state index >= 15 is 0 Å². The first-order valence-electron chi connectivity index (χ1n) is 10.6. The third kappa shape index (κ3) is 4.77. The minimum absolute atomic E-state index is 0.0407. The predicted octanol–water partition coefficient (Wildman–Crippen LogP) is 4.51. The van der Waals surface area contributed by atoms with E-state index in [1.54, 1.807) is 0 Å². The van der Waals surface area contributed by atoms with Gasteiger partial charge in [-0.2, -0.15) is 0 Å². The van der Waals surface area contributed by atoms with Gasteiger partial charge in [-0.15, -0.1) is 0 Å². The molecule has 0 aromatic heterocycles. The van der Waals surface area contributed by atoms with Crippen LogP contribution in [-0.4, -0.2) is 30.5 Å². The Morgan fingerprint density at radius 1 is 1.17 bits per heavy atom. The fourth-order valence-electron chi connectivity index (χ4n) is 4.49. The van der Waals surface area contributed by atoms with Crippen LogP contribution in [0.5, 0.6) is 5.75 Å². The maximum atomic E-state index is 9.72. The molecule has 4 nitrogen and oxygen atoms in total. The summed E-state index contributed by atoms with van der Waals surface area (Å²) in [5, 5.41) is 10.5. The molecule has 1 aliphatic heterocycles. The first-order chi connectivity index (χ1) is 14.1. The Labute approximate surface area is 178 Å². The highest BCUT2D eigenvalue weighted by Gasteiger charge is 2.44. The Bertz CT molecular complexity index is 821. The molecule has 2 aromatic rings. The number of aliphatic hydroxyl groups excluding tert-OH is 1. The number of rotatable bonds is 7. The molecule has 1 unspecified atom stereocenters. The molecule has 2 aliphatic rings. The Morgan fingerprint density at radius 2 is 1.93 bits per heavy atom. The van der Waals surface area contributed by atoms with Crippen LogP contribution in [0.3, 0.4) is 0 Å². The van der Waals surface area contributed by atoms with Gasteiger partial charge in [0.2, 0.25) is 0 Å². The Kier molecular flexibility index (Phi) is 6.45. The van der Waals surface area contributed by atoms with Crippen LogP contribution in [0.1, 0.15) is 49.0 Å². The first-order valence-corrected chi connectivity index (χ1v) is 11.0. The van der Waals surface area contributed by atoms with Crippen LogP contribution in [-0.2, 0) is 11.2 Å². The van der Waals surface area contributed by atoms with Gasteiger partial charge in [-0.1, -0.05) is 35.9 Å². The van der Waals surface area contributed by atoms with Crippen molar-refractivity contribution in [2.45, 2.75) is 50.9 Å². The number of hydrogen-bond donors (Lipinski definition) is 2. The van der Waals surface area contributed by atoms with Gasteiger partial charge in [0, 0.05) is 11.1 Å². The van der Waals surface area contributed by atoms with E-state index in [9.17, 15) is 5.11 Å². The molecule has 4 atom stereocenters. The van der Waals surface area contributed by atoms with Gasteiger partial charge in [-0.05, 0) is 79.3 Å². The van der Waals surface area contributed by atoms with E-state index in [4.69, 9.17) is 26.8 Å². The summed E-state index contributed by atoms with van der Waals surface area (Å²) in [5.41, 5.74) is 9.92. The predicted molar refractivity (Wildman–Crippen MR) is 115 cm³/mol. The van der Waals surface area contributed by atoms with Crippen LogP contribution in [0.25, 0.3) is 0 Å². The SMILES string of the molecule is CCOc1ccc(Cc2cc([C@@H]3O[C@H](CO)CC(C4CC4)[C@H]3N)ccc2Cl)cc1. The van der Waals surface area contributed by atoms with E-state index in [2.05, 4.69) is 18.2 Å². The van der Waals surface area contributed by atoms with Gasteiger partial charge in [-0.3, -0.25) is 0 Å². The highest BCUT2D eigenvalue weighted by atomic mass is 35.5. The quantitative estimate of drug-likeness (QED) is 0.698. The summed E-state index contributed by atoms with van der Waals surface area (Å²) in [6.07, 6.45) is 3.72. The van der Waals surface area contributed by atoms with Crippen LogP contribution in [0.15, 0.2) is 42.5 Å². The molecule has 0 spiro atoms. The summed E-state index contributed by atoms with van der Waals surface area (Å²) >= 11 is 6.51. The highest BCUT2D eigenvalue weighted by Crippen LogP contribution is 2.47. The monoisotopic (exact) mass is 415 g/mol. The van der Waals surface area contributed by atoms with E-state index in [-0.39, 0.29) is 24.9 Å². The molecular weight excluding hydrogens is 386 g/mol. The molecule has 1 saturated heterocycles. The molecular formula is C24H30ClNO3. The average molecular weight is 416 g/mol. The van der Waals surface area contributed by atoms with Crippen molar-refractivity contribution in [1.82, 2.24) is 0 Å². The molecule has 156 valence electrons. The van der Waals surface area contributed by atoms with Crippen LogP contribution in [0.2, 0.25) is 5.02 Å². The van der Waals surface area contributed by atoms with Gasteiger partial charge in [0.1, 0.15) is 5.75 Å². The van der Waals surface area contributed by atoms with Gasteiger partial charge >= 0.3 is 0 Å². The normalized spacial score (nSPS) is 27.0. The van der Waals surface area contributed by atoms with Gasteiger partial charge in [0.15, 0.2) is 0 Å². The molecule has 4 rings (SSSR count). The second-order valence-corrected chi connectivity index (χ2v) is 8.69. The molecule has 0 radical (unpaired) electrons. The van der Waals surface area contributed by atoms with Crippen LogP contribution < -0.4 is 10.5 Å². The molecule has 2 fully saturated rings. The summed E-state index contributed by atoms with van der Waals surface area (Å²) in [6.45, 7) is 2.68. The van der Waals surface area contributed by atoms with Crippen molar-refractivity contribution in [1.29, 1.82) is 0 Å². The Balaban J connectivity index is 1.55. The van der Waals surface area contributed by atoms with Crippen molar-refractivity contribution in [3.05, 3.63) is 64.2 Å². The van der Waals surface area contributed by atoms with E-state index in [1.807, 2.05) is 31.2 Å². The third-order valence-electron chi connectivity index (χ3n) is 6.18. The molecule has 3 N–H and O–H groups in total. The van der Waals surface area contributed by atoms with Gasteiger partial charge in [0.05, 0.1) is 25.4 Å². The fourth-order valence-corrected chi connectivity index (χ4v) is 4.67. The molecule has 1 saturated carbocycles. The van der Waals surface area contributed by atoms with Gasteiger partial charge in [-0.25, -0.2) is 0 Å². The molecule has 0 bridgehead atoms. The topological polar surface area (TPSA) is 64.7 Å². The highest BCUT2D eigenvalue weighted by molar-refractivity contribution is 6.31. The number of hydrogen-bond acceptors (Lipinski definition) is 4. The second kappa shape index (κ2) is 9.05. The van der Waals surface area contributed by atoms with Crippen LogP contribution in [0, 0.1) is 11.8 Å². The van der Waals surface area contributed by atoms with Crippen molar-refractivity contribution in [2.75, 3.05) is 13.2 Å². The van der Waals surface area contributed by atoms with E-state index in [0.717, 1.165) is 34.7 Å². The number of nitrogens with two attached hydrogens (primary N) is 1. The standard InChI is InChI=1S/C24H30ClNO3/c1-2-28-19-8-3-15(4-9-19)11-18-12-17(7-10-22(18)25)24-23(26)21(16-5-6-16)13-20(14-27)29-24/h3-4,7-10,12,16,20-21,23-24,27H,2,5-6,11,13-14,26H2,1H3/t20-,21?,23+,24-/m0/s1. The summed E-state index contributed by atoms with van der Waals surface area (Å²) < 4.78 is 11.7. The zero-order valence-corrected chi connectivity index (χ0v) is 17.6. The van der Waals surface area contributed by atoms with Crippen molar-refractivity contribution in [2.24, 2.45) is 17.6 Å². The summed E-state index contributed by atoms with van der Waals surface area (Å²) in [7, 11) is 0. The number of halogens is 1. The maximum Gasteiger partial charge on any atom is 0.119 e. The smallest absolute Gasteiger partial charge is 0.119 e. The Morgan fingerprint density at radius 3 is 2.59 bits per heavy atom. The molecule has 2 aromatic carbocycles. The minimum atomic E-state index is -0.206. The van der Waals surface area contributed by atoms with E-state index in [1.165, 1.54) is 18.4 Å². The molecule has 1 heterocycles. The fraction of sp³-hybridized carbons (Fsp3) is 0.500. The molecule has 1 aliphatic carbocycles. The summed E-state index contributed by atoms with van der Waals surface area (Å²) in [4.78, 5) is 0. The zero-order chi connectivity index (χ0) is 20.4. The molecule has 29 heavy (non-hydrogen) atoms. The lowest BCUT2D eigenvalue weighted by Gasteiger charge is -2.40. The lowest BCUT2D eigenvalue weighted by molar-refractivity contribution is -0.108. The number of benzene rings is 2. The first kappa shape index (κ1) is 20.7. The van der Waals surface area contributed by atoms with Gasteiger partial charge in [0.25, 0.3) is 0 Å². The molecule has 5 heteroatoms. The lowest BCUT2D eigenvalue weighted by atomic mass is 9.81. The lowest BCUT2D eigenvalue weighted by Crippen LogP contribution is -2.47. The largest absolute Gasteiger partial charge is 0.494 e. The van der Waals surface area contributed by atoms with Crippen molar-refractivity contribution < 1.29 is 14.6 Å². The Hall–Kier alpha value is -1.59.